The third kappa shape index (κ3) is 5.26. The Morgan fingerprint density at radius 2 is 2.18 bits per heavy atom. The Morgan fingerprint density at radius 1 is 1.47 bits per heavy atom. The lowest BCUT2D eigenvalue weighted by Crippen LogP contribution is -2.26. The average Bonchev–Trinajstić information content (AvgIpc) is 2.36. The number of nitrogens with zero attached hydrogens (tertiary/aromatic N) is 2. The van der Waals surface area contributed by atoms with Gasteiger partial charge in [-0.15, -0.1) is 0 Å². The highest BCUT2D eigenvalue weighted by Gasteiger charge is 2.03. The van der Waals surface area contributed by atoms with E-state index in [4.69, 9.17) is 9.84 Å². The first-order valence-electron chi connectivity index (χ1n) is 5.57. The number of aliphatic hydroxyl groups excluding tert-OH is 1. The van der Waals surface area contributed by atoms with Crippen molar-refractivity contribution in [2.24, 2.45) is 0 Å². The van der Waals surface area contributed by atoms with Gasteiger partial charge >= 0.3 is 6.01 Å². The van der Waals surface area contributed by atoms with Crippen LogP contribution >= 0.6 is 0 Å². The first kappa shape index (κ1) is 13.4. The molecule has 0 radical (unpaired) electrons. The van der Waals surface area contributed by atoms with Gasteiger partial charge in [0.05, 0.1) is 13.2 Å². The molecule has 0 bridgehead atoms. The number of ether oxygens (including phenoxy) is 1. The van der Waals surface area contributed by atoms with Crippen LogP contribution in [0.5, 0.6) is 6.01 Å². The molecule has 0 aromatic carbocycles. The van der Waals surface area contributed by atoms with Gasteiger partial charge in [0, 0.05) is 25.4 Å². The number of rotatable bonds is 7. The molecule has 0 aliphatic carbocycles. The van der Waals surface area contributed by atoms with E-state index in [0.717, 1.165) is 5.56 Å². The van der Waals surface area contributed by atoms with Gasteiger partial charge in [0.15, 0.2) is 0 Å². The zero-order valence-corrected chi connectivity index (χ0v) is 9.85. The number of carbonyl (C=O) groups excluding carboxylic acids is 1. The summed E-state index contributed by atoms with van der Waals surface area (Å²) in [6.07, 6.45) is 4.23. The van der Waals surface area contributed by atoms with Gasteiger partial charge in [0.25, 0.3) is 0 Å². The Labute approximate surface area is 100 Å². The predicted molar refractivity (Wildman–Crippen MR) is 61.6 cm³/mol. The first-order valence-corrected chi connectivity index (χ1v) is 5.57. The van der Waals surface area contributed by atoms with Crippen molar-refractivity contribution in [3.8, 4) is 6.01 Å². The van der Waals surface area contributed by atoms with Gasteiger partial charge in [-0.3, -0.25) is 4.79 Å². The largest absolute Gasteiger partial charge is 0.464 e. The smallest absolute Gasteiger partial charge is 0.316 e. The lowest BCUT2D eigenvalue weighted by molar-refractivity contribution is -0.121. The van der Waals surface area contributed by atoms with Crippen LogP contribution in [0.25, 0.3) is 0 Å². The van der Waals surface area contributed by atoms with Crippen molar-refractivity contribution in [2.45, 2.75) is 19.8 Å². The molecule has 1 amide bonds. The number of aryl methyl sites for hydroxylation is 1. The molecule has 6 nitrogen and oxygen atoms in total. The maximum Gasteiger partial charge on any atom is 0.316 e. The number of aliphatic hydroxyl groups is 1. The van der Waals surface area contributed by atoms with E-state index in [1.54, 1.807) is 12.4 Å². The van der Waals surface area contributed by atoms with Gasteiger partial charge in [-0.2, -0.15) is 0 Å². The Hall–Kier alpha value is -1.69. The normalized spacial score (nSPS) is 10.0. The van der Waals surface area contributed by atoms with Crippen molar-refractivity contribution in [3.63, 3.8) is 0 Å². The molecule has 0 spiro atoms. The van der Waals surface area contributed by atoms with Crippen LogP contribution in [-0.4, -0.2) is 40.7 Å². The van der Waals surface area contributed by atoms with Gasteiger partial charge in [-0.05, 0) is 18.9 Å². The zero-order valence-electron chi connectivity index (χ0n) is 9.85. The highest BCUT2D eigenvalue weighted by Crippen LogP contribution is 2.04. The van der Waals surface area contributed by atoms with Crippen molar-refractivity contribution in [3.05, 3.63) is 18.0 Å². The maximum atomic E-state index is 11.3. The molecule has 1 aromatic heterocycles. The van der Waals surface area contributed by atoms with E-state index in [9.17, 15) is 4.79 Å². The fraction of sp³-hybridized carbons (Fsp3) is 0.545. The molecule has 94 valence electrons. The minimum absolute atomic E-state index is 0.0437. The van der Waals surface area contributed by atoms with E-state index in [2.05, 4.69) is 15.3 Å². The fourth-order valence-corrected chi connectivity index (χ4v) is 1.22. The Morgan fingerprint density at radius 3 is 2.76 bits per heavy atom. The third-order valence-electron chi connectivity index (χ3n) is 2.03. The second-order valence-corrected chi connectivity index (χ2v) is 3.38. The first-order chi connectivity index (χ1) is 8.26. The molecule has 1 aromatic rings. The molecule has 2 N–H and O–H groups in total. The van der Waals surface area contributed by atoms with Crippen molar-refractivity contribution < 1.29 is 14.6 Å². The number of carbonyl (C=O) groups is 1. The van der Waals surface area contributed by atoms with E-state index in [1.807, 2.05) is 6.92 Å². The van der Waals surface area contributed by atoms with Crippen LogP contribution in [0.4, 0.5) is 0 Å². The Kier molecular flexibility index (Phi) is 5.95. The number of hydrogen-bond donors (Lipinski definition) is 2. The quantitative estimate of drug-likeness (QED) is 0.695. The van der Waals surface area contributed by atoms with Crippen LogP contribution < -0.4 is 10.1 Å². The number of hydrogen-bond acceptors (Lipinski definition) is 5. The highest BCUT2D eigenvalue weighted by molar-refractivity contribution is 5.76. The SMILES string of the molecule is CCOc1ncc(CCC(=O)NCCO)cn1. The molecule has 0 unspecified atom stereocenters. The molecule has 0 aliphatic heterocycles. The van der Waals surface area contributed by atoms with Gasteiger partial charge in [-0.1, -0.05) is 0 Å². The van der Waals surface area contributed by atoms with E-state index in [1.165, 1.54) is 0 Å². The van der Waals surface area contributed by atoms with E-state index in [0.29, 0.717) is 32.0 Å². The summed E-state index contributed by atoms with van der Waals surface area (Å²) in [5.74, 6) is -0.0899. The van der Waals surface area contributed by atoms with Crippen LogP contribution in [-0.2, 0) is 11.2 Å². The molecule has 0 atom stereocenters. The van der Waals surface area contributed by atoms with E-state index < -0.39 is 0 Å². The molecule has 6 heteroatoms. The van der Waals surface area contributed by atoms with Crippen LogP contribution in [0.15, 0.2) is 12.4 Å². The maximum absolute atomic E-state index is 11.3. The molecule has 0 saturated carbocycles. The second-order valence-electron chi connectivity index (χ2n) is 3.38. The van der Waals surface area contributed by atoms with Gasteiger partial charge in [0.1, 0.15) is 0 Å². The standard InChI is InChI=1S/C11H17N3O3/c1-2-17-11-13-7-9(8-14-11)3-4-10(16)12-5-6-15/h7-8,15H,2-6H2,1H3,(H,12,16). The molecular weight excluding hydrogens is 222 g/mol. The summed E-state index contributed by atoms with van der Waals surface area (Å²) in [7, 11) is 0. The van der Waals surface area contributed by atoms with E-state index in [-0.39, 0.29) is 12.5 Å². The molecular formula is C11H17N3O3. The van der Waals surface area contributed by atoms with Gasteiger partial charge < -0.3 is 15.2 Å². The van der Waals surface area contributed by atoms with Crippen LogP contribution in [0.3, 0.4) is 0 Å². The third-order valence-corrected chi connectivity index (χ3v) is 2.03. The van der Waals surface area contributed by atoms with Crippen molar-refractivity contribution in [2.75, 3.05) is 19.8 Å². The summed E-state index contributed by atoms with van der Waals surface area (Å²) in [6, 6.07) is 0.348. The number of amides is 1. The summed E-state index contributed by atoms with van der Waals surface area (Å²) >= 11 is 0. The van der Waals surface area contributed by atoms with Crippen LogP contribution in [0.1, 0.15) is 18.9 Å². The molecule has 1 rings (SSSR count). The molecule has 1 heterocycles. The summed E-state index contributed by atoms with van der Waals surface area (Å²) in [5.41, 5.74) is 0.882. The average molecular weight is 239 g/mol. The second kappa shape index (κ2) is 7.56. The Balaban J connectivity index is 2.34. The molecule has 0 aliphatic rings. The lowest BCUT2D eigenvalue weighted by atomic mass is 10.2. The van der Waals surface area contributed by atoms with Crippen molar-refractivity contribution in [1.29, 1.82) is 0 Å². The fourth-order valence-electron chi connectivity index (χ4n) is 1.22. The van der Waals surface area contributed by atoms with Crippen molar-refractivity contribution >= 4 is 5.91 Å². The summed E-state index contributed by atoms with van der Waals surface area (Å²) in [6.45, 7) is 2.64. The molecule has 17 heavy (non-hydrogen) atoms. The highest BCUT2D eigenvalue weighted by atomic mass is 16.5. The summed E-state index contributed by atoms with van der Waals surface area (Å²) in [5, 5.41) is 11.1. The summed E-state index contributed by atoms with van der Waals surface area (Å²) < 4.78 is 5.11. The number of aromatic nitrogens is 2. The van der Waals surface area contributed by atoms with Crippen LogP contribution in [0, 0.1) is 0 Å². The monoisotopic (exact) mass is 239 g/mol. The minimum Gasteiger partial charge on any atom is -0.464 e. The Bertz CT molecular complexity index is 340. The molecule has 0 fully saturated rings. The predicted octanol–water partition coefficient (Wildman–Crippen LogP) is -0.0836. The van der Waals surface area contributed by atoms with Crippen molar-refractivity contribution in [1.82, 2.24) is 15.3 Å². The molecule has 0 saturated heterocycles. The topological polar surface area (TPSA) is 84.3 Å². The zero-order chi connectivity index (χ0) is 12.5. The lowest BCUT2D eigenvalue weighted by Gasteiger charge is -2.04. The van der Waals surface area contributed by atoms with Gasteiger partial charge in [0.2, 0.25) is 5.91 Å². The summed E-state index contributed by atoms with van der Waals surface area (Å²) in [4.78, 5) is 19.3. The van der Waals surface area contributed by atoms with E-state index >= 15 is 0 Å². The minimum atomic E-state index is -0.0899. The van der Waals surface area contributed by atoms with Gasteiger partial charge in [-0.25, -0.2) is 9.97 Å². The number of nitrogens with one attached hydrogen (secondary N) is 1. The van der Waals surface area contributed by atoms with Crippen LogP contribution in [0.2, 0.25) is 0 Å².